The highest BCUT2D eigenvalue weighted by Gasteiger charge is 2.36. The predicted molar refractivity (Wildman–Crippen MR) is 69.3 cm³/mol. The molecule has 0 aliphatic rings. The molecule has 10 heteroatoms. The average molecular weight is 368 g/mol. The topological polar surface area (TPSA) is 75.1 Å². The fourth-order valence-electron chi connectivity index (χ4n) is 1.25. The summed E-state index contributed by atoms with van der Waals surface area (Å²) >= 11 is 3.69. The van der Waals surface area contributed by atoms with E-state index in [9.17, 15) is 18.0 Å². The summed E-state index contributed by atoms with van der Waals surface area (Å²) in [6.45, 7) is 0. The third-order valence-electron chi connectivity index (χ3n) is 2.14. The quantitative estimate of drug-likeness (QED) is 0.863. The van der Waals surface area contributed by atoms with Crippen LogP contribution in [0.2, 0.25) is 0 Å². The molecule has 0 aliphatic heterocycles. The van der Waals surface area contributed by atoms with Gasteiger partial charge in [0, 0.05) is 16.0 Å². The molecule has 0 unspecified atom stereocenters. The third-order valence-corrected chi connectivity index (χ3v) is 3.42. The molecule has 0 saturated heterocycles. The van der Waals surface area contributed by atoms with Crippen molar-refractivity contribution in [3.05, 3.63) is 34.1 Å². The minimum absolute atomic E-state index is 0.0406. The second-order valence-corrected chi connectivity index (χ2v) is 5.15. The molecule has 0 bridgehead atoms. The van der Waals surface area contributed by atoms with E-state index >= 15 is 0 Å². The Labute approximate surface area is 122 Å². The Morgan fingerprint density at radius 3 is 2.60 bits per heavy atom. The molecule has 2 rings (SSSR count). The van der Waals surface area contributed by atoms with Gasteiger partial charge in [-0.3, -0.25) is 0 Å². The van der Waals surface area contributed by atoms with Crippen LogP contribution in [0.25, 0.3) is 0 Å². The summed E-state index contributed by atoms with van der Waals surface area (Å²) in [5.41, 5.74) is 0.440. The number of hydrogen-bond acceptors (Lipinski definition) is 5. The summed E-state index contributed by atoms with van der Waals surface area (Å²) in [4.78, 5) is 14.1. The summed E-state index contributed by atoms with van der Waals surface area (Å²) in [6.07, 6.45) is -4.60. The molecule has 0 fully saturated rings. The Kier molecular flexibility index (Phi) is 3.95. The van der Waals surface area contributed by atoms with Gasteiger partial charge in [0.2, 0.25) is 11.0 Å². The zero-order chi connectivity index (χ0) is 14.9. The number of anilines is 2. The Bertz CT molecular complexity index is 659. The first kappa shape index (κ1) is 14.7. The van der Waals surface area contributed by atoms with Gasteiger partial charge in [-0.2, -0.15) is 22.5 Å². The van der Waals surface area contributed by atoms with Gasteiger partial charge in [-0.25, -0.2) is 4.79 Å². The van der Waals surface area contributed by atoms with Crippen molar-refractivity contribution in [3.8, 4) is 0 Å². The molecule has 0 aliphatic carbocycles. The molecule has 0 saturated carbocycles. The first-order valence-electron chi connectivity index (χ1n) is 4.98. The van der Waals surface area contributed by atoms with E-state index in [0.29, 0.717) is 21.7 Å². The number of carbonyl (C=O) groups is 1. The van der Waals surface area contributed by atoms with E-state index in [1.165, 1.54) is 18.2 Å². The van der Waals surface area contributed by atoms with Crippen LogP contribution in [-0.2, 0) is 6.18 Å². The molecule has 0 spiro atoms. The van der Waals surface area contributed by atoms with Crippen molar-refractivity contribution in [2.24, 2.45) is 0 Å². The lowest BCUT2D eigenvalue weighted by molar-refractivity contribution is -0.144. The van der Waals surface area contributed by atoms with E-state index in [1.54, 1.807) is 0 Å². The fourth-order valence-corrected chi connectivity index (χ4v) is 2.33. The Balaban J connectivity index is 2.22. The summed E-state index contributed by atoms with van der Waals surface area (Å²) in [7, 11) is 0. The lowest BCUT2D eigenvalue weighted by Crippen LogP contribution is -2.07. The molecule has 20 heavy (non-hydrogen) atoms. The van der Waals surface area contributed by atoms with Crippen molar-refractivity contribution in [2.45, 2.75) is 6.18 Å². The van der Waals surface area contributed by atoms with E-state index < -0.39 is 18.0 Å². The van der Waals surface area contributed by atoms with Crippen LogP contribution in [0.15, 0.2) is 22.7 Å². The summed E-state index contributed by atoms with van der Waals surface area (Å²) < 4.78 is 40.6. The van der Waals surface area contributed by atoms with Crippen molar-refractivity contribution in [1.82, 2.24) is 9.36 Å². The Morgan fingerprint density at radius 2 is 2.10 bits per heavy atom. The van der Waals surface area contributed by atoms with Gasteiger partial charge in [0.25, 0.3) is 0 Å². The number of rotatable bonds is 3. The smallest absolute Gasteiger partial charge is 0.452 e. The number of carboxylic acids is 1. The number of aromatic carboxylic acids is 1. The second-order valence-electron chi connectivity index (χ2n) is 3.55. The molecule has 0 amide bonds. The number of alkyl halides is 3. The molecule has 1 aromatic carbocycles. The molecule has 5 nitrogen and oxygen atoms in total. The molecule has 2 aromatic rings. The van der Waals surface area contributed by atoms with Crippen LogP contribution in [0.4, 0.5) is 24.0 Å². The number of hydrogen-bond donors (Lipinski definition) is 2. The van der Waals surface area contributed by atoms with Gasteiger partial charge >= 0.3 is 12.1 Å². The number of nitrogens with one attached hydrogen (secondary N) is 1. The minimum Gasteiger partial charge on any atom is -0.478 e. The fraction of sp³-hybridized carbons (Fsp3) is 0.100. The van der Waals surface area contributed by atoms with Crippen LogP contribution in [0, 0.1) is 0 Å². The lowest BCUT2D eigenvalue weighted by atomic mass is 10.2. The highest BCUT2D eigenvalue weighted by Crippen LogP contribution is 2.32. The average Bonchev–Trinajstić information content (AvgIpc) is 2.80. The van der Waals surface area contributed by atoms with Crippen LogP contribution in [0.1, 0.15) is 16.2 Å². The normalized spacial score (nSPS) is 11.4. The maximum Gasteiger partial charge on any atom is 0.452 e. The molecular weight excluding hydrogens is 363 g/mol. The van der Waals surface area contributed by atoms with Crippen LogP contribution in [0.3, 0.4) is 0 Å². The van der Waals surface area contributed by atoms with E-state index in [4.69, 9.17) is 5.11 Å². The number of aromatic nitrogens is 2. The number of halogens is 4. The summed E-state index contributed by atoms with van der Waals surface area (Å²) in [5, 5.41) is 11.4. The van der Waals surface area contributed by atoms with Gasteiger partial charge in [-0.1, -0.05) is 0 Å². The highest BCUT2D eigenvalue weighted by molar-refractivity contribution is 9.10. The Morgan fingerprint density at radius 1 is 1.40 bits per heavy atom. The van der Waals surface area contributed by atoms with Crippen LogP contribution in [-0.4, -0.2) is 20.4 Å². The third kappa shape index (κ3) is 3.25. The van der Waals surface area contributed by atoms with Crippen molar-refractivity contribution in [2.75, 3.05) is 5.32 Å². The largest absolute Gasteiger partial charge is 0.478 e. The van der Waals surface area contributed by atoms with Gasteiger partial charge < -0.3 is 10.4 Å². The summed E-state index contributed by atoms with van der Waals surface area (Å²) in [6, 6.07) is 4.07. The van der Waals surface area contributed by atoms with Gasteiger partial charge in [0.1, 0.15) is 0 Å². The zero-order valence-electron chi connectivity index (χ0n) is 9.40. The zero-order valence-corrected chi connectivity index (χ0v) is 11.8. The van der Waals surface area contributed by atoms with E-state index in [-0.39, 0.29) is 10.7 Å². The van der Waals surface area contributed by atoms with Gasteiger partial charge in [0.05, 0.1) is 11.3 Å². The van der Waals surface area contributed by atoms with Crippen molar-refractivity contribution in [1.29, 1.82) is 0 Å². The standard InChI is InChI=1S/C10H5BrF3N3O2S/c11-5-3-4(7(18)19)1-2-6(5)15-9-16-8(17-20-9)10(12,13)14/h1-3H,(H,18,19)(H,15,16,17). The van der Waals surface area contributed by atoms with Crippen LogP contribution >= 0.6 is 27.5 Å². The van der Waals surface area contributed by atoms with E-state index in [2.05, 4.69) is 30.6 Å². The van der Waals surface area contributed by atoms with Crippen LogP contribution < -0.4 is 5.32 Å². The number of carboxylic acid groups (broad SMARTS) is 1. The summed E-state index contributed by atoms with van der Waals surface area (Å²) in [5.74, 6) is -2.32. The maximum atomic E-state index is 12.3. The monoisotopic (exact) mass is 367 g/mol. The van der Waals surface area contributed by atoms with Gasteiger partial charge in [0.15, 0.2) is 0 Å². The number of nitrogens with zero attached hydrogens (tertiary/aromatic N) is 2. The molecule has 1 aromatic heterocycles. The SMILES string of the molecule is O=C(O)c1ccc(Nc2nc(C(F)(F)F)ns2)c(Br)c1. The predicted octanol–water partition coefficient (Wildman–Crippen LogP) is 3.76. The van der Waals surface area contributed by atoms with Crippen molar-refractivity contribution in [3.63, 3.8) is 0 Å². The van der Waals surface area contributed by atoms with E-state index in [0.717, 1.165) is 0 Å². The molecule has 0 atom stereocenters. The molecular formula is C10H5BrF3N3O2S. The molecule has 2 N–H and O–H groups in total. The first-order valence-corrected chi connectivity index (χ1v) is 6.55. The lowest BCUT2D eigenvalue weighted by Gasteiger charge is -2.05. The molecule has 0 radical (unpaired) electrons. The molecule has 106 valence electrons. The minimum atomic E-state index is -4.60. The first-order chi connectivity index (χ1) is 9.27. The van der Waals surface area contributed by atoms with Gasteiger partial charge in [-0.05, 0) is 34.1 Å². The Hall–Kier alpha value is -1.68. The second kappa shape index (κ2) is 5.37. The highest BCUT2D eigenvalue weighted by atomic mass is 79.9. The van der Waals surface area contributed by atoms with Crippen molar-refractivity contribution >= 4 is 44.3 Å². The maximum absolute atomic E-state index is 12.3. The number of benzene rings is 1. The van der Waals surface area contributed by atoms with E-state index in [1.807, 2.05) is 0 Å². The van der Waals surface area contributed by atoms with Crippen LogP contribution in [0.5, 0.6) is 0 Å². The molecule has 1 heterocycles. The van der Waals surface area contributed by atoms with Crippen molar-refractivity contribution < 1.29 is 23.1 Å². The van der Waals surface area contributed by atoms with Gasteiger partial charge in [-0.15, -0.1) is 0 Å².